The van der Waals surface area contributed by atoms with Crippen LogP contribution in [0.25, 0.3) is 0 Å². The fourth-order valence-electron chi connectivity index (χ4n) is 1.49. The first-order chi connectivity index (χ1) is 8.54. The lowest BCUT2D eigenvalue weighted by Gasteiger charge is -2.14. The molecule has 0 fully saturated rings. The summed E-state index contributed by atoms with van der Waals surface area (Å²) in [6.07, 6.45) is 0. The summed E-state index contributed by atoms with van der Waals surface area (Å²) in [5, 5.41) is 20.1. The topological polar surface area (TPSA) is 95.9 Å². The van der Waals surface area contributed by atoms with Crippen molar-refractivity contribution in [3.8, 4) is 5.75 Å². The van der Waals surface area contributed by atoms with Gasteiger partial charge in [0, 0.05) is 0 Å². The summed E-state index contributed by atoms with van der Waals surface area (Å²) < 4.78 is 5.26. The minimum Gasteiger partial charge on any atom is -0.494 e. The van der Waals surface area contributed by atoms with Crippen LogP contribution in [0.15, 0.2) is 24.3 Å². The molecule has 0 radical (unpaired) electrons. The zero-order valence-corrected chi connectivity index (χ0v) is 9.92. The lowest BCUT2D eigenvalue weighted by molar-refractivity contribution is -0.140. The van der Waals surface area contributed by atoms with Gasteiger partial charge in [-0.1, -0.05) is 12.1 Å². The van der Waals surface area contributed by atoms with E-state index in [-0.39, 0.29) is 0 Å². The SMILES string of the molecule is CCOc1cccc(C(NCC(=O)O)C(=O)O)c1. The van der Waals surface area contributed by atoms with Crippen LogP contribution in [0.2, 0.25) is 0 Å². The van der Waals surface area contributed by atoms with E-state index in [9.17, 15) is 9.59 Å². The number of carbonyl (C=O) groups is 2. The van der Waals surface area contributed by atoms with Crippen LogP contribution < -0.4 is 10.1 Å². The molecule has 1 rings (SSSR count). The first-order valence-corrected chi connectivity index (χ1v) is 5.45. The molecule has 0 aromatic heterocycles. The van der Waals surface area contributed by atoms with Gasteiger partial charge in [0.1, 0.15) is 11.8 Å². The van der Waals surface area contributed by atoms with Crippen molar-refractivity contribution in [2.75, 3.05) is 13.2 Å². The summed E-state index contributed by atoms with van der Waals surface area (Å²) in [5.41, 5.74) is 0.453. The molecule has 6 nitrogen and oxygen atoms in total. The second-order valence-corrected chi connectivity index (χ2v) is 3.55. The molecule has 0 heterocycles. The van der Waals surface area contributed by atoms with E-state index in [1.165, 1.54) is 0 Å². The molecule has 18 heavy (non-hydrogen) atoms. The van der Waals surface area contributed by atoms with E-state index in [2.05, 4.69) is 5.32 Å². The van der Waals surface area contributed by atoms with Crippen LogP contribution in [0.1, 0.15) is 18.5 Å². The Kier molecular flexibility index (Phi) is 5.13. The number of carboxylic acid groups (broad SMARTS) is 2. The van der Waals surface area contributed by atoms with Crippen LogP contribution in [-0.4, -0.2) is 35.3 Å². The highest BCUT2D eigenvalue weighted by Crippen LogP contribution is 2.19. The predicted molar refractivity (Wildman–Crippen MR) is 63.6 cm³/mol. The van der Waals surface area contributed by atoms with Gasteiger partial charge in [0.15, 0.2) is 0 Å². The Balaban J connectivity index is 2.87. The molecule has 0 aliphatic carbocycles. The van der Waals surface area contributed by atoms with Gasteiger partial charge in [-0.3, -0.25) is 14.9 Å². The molecule has 0 aliphatic rings. The fourth-order valence-corrected chi connectivity index (χ4v) is 1.49. The molecular weight excluding hydrogens is 238 g/mol. The highest BCUT2D eigenvalue weighted by Gasteiger charge is 2.20. The van der Waals surface area contributed by atoms with Crippen LogP contribution >= 0.6 is 0 Å². The predicted octanol–water partition coefficient (Wildman–Crippen LogP) is 0.885. The van der Waals surface area contributed by atoms with Gasteiger partial charge in [0.25, 0.3) is 0 Å². The second kappa shape index (κ2) is 6.61. The van der Waals surface area contributed by atoms with Crippen LogP contribution in [0.5, 0.6) is 5.75 Å². The third kappa shape index (κ3) is 4.06. The molecule has 0 amide bonds. The number of ether oxygens (including phenoxy) is 1. The highest BCUT2D eigenvalue weighted by atomic mass is 16.5. The molecule has 0 saturated carbocycles. The van der Waals surface area contributed by atoms with Crippen molar-refractivity contribution in [1.82, 2.24) is 5.32 Å². The minimum atomic E-state index is -1.13. The number of carboxylic acids is 2. The van der Waals surface area contributed by atoms with Gasteiger partial charge in [0.2, 0.25) is 0 Å². The monoisotopic (exact) mass is 253 g/mol. The van der Waals surface area contributed by atoms with E-state index in [0.717, 1.165) is 0 Å². The Hall–Kier alpha value is -2.08. The first-order valence-electron chi connectivity index (χ1n) is 5.45. The van der Waals surface area contributed by atoms with E-state index in [1.54, 1.807) is 24.3 Å². The molecule has 0 spiro atoms. The summed E-state index contributed by atoms with van der Waals surface area (Å²) >= 11 is 0. The van der Waals surface area contributed by atoms with Gasteiger partial charge in [0.05, 0.1) is 13.2 Å². The van der Waals surface area contributed by atoms with E-state index < -0.39 is 24.5 Å². The highest BCUT2D eigenvalue weighted by molar-refractivity contribution is 5.77. The number of aliphatic carboxylic acids is 2. The average molecular weight is 253 g/mol. The van der Waals surface area contributed by atoms with Gasteiger partial charge < -0.3 is 14.9 Å². The Morgan fingerprint density at radius 3 is 2.67 bits per heavy atom. The molecule has 98 valence electrons. The van der Waals surface area contributed by atoms with E-state index in [1.807, 2.05) is 6.92 Å². The summed E-state index contributed by atoms with van der Waals surface area (Å²) in [5.74, 6) is -1.69. The second-order valence-electron chi connectivity index (χ2n) is 3.55. The Morgan fingerprint density at radius 2 is 2.11 bits per heavy atom. The number of rotatable bonds is 7. The van der Waals surface area contributed by atoms with E-state index >= 15 is 0 Å². The smallest absolute Gasteiger partial charge is 0.325 e. The molecule has 1 atom stereocenters. The van der Waals surface area contributed by atoms with Crippen molar-refractivity contribution >= 4 is 11.9 Å². The number of hydrogen-bond donors (Lipinski definition) is 3. The lowest BCUT2D eigenvalue weighted by Crippen LogP contribution is -2.32. The van der Waals surface area contributed by atoms with Gasteiger partial charge in [-0.15, -0.1) is 0 Å². The minimum absolute atomic E-state index is 0.421. The first kappa shape index (κ1) is 14.0. The van der Waals surface area contributed by atoms with E-state index in [4.69, 9.17) is 14.9 Å². The number of benzene rings is 1. The van der Waals surface area contributed by atoms with Crippen LogP contribution in [0, 0.1) is 0 Å². The summed E-state index contributed by atoms with van der Waals surface area (Å²) in [6, 6.07) is 5.50. The Morgan fingerprint density at radius 1 is 1.39 bits per heavy atom. The molecule has 6 heteroatoms. The zero-order valence-electron chi connectivity index (χ0n) is 9.92. The average Bonchev–Trinajstić information content (AvgIpc) is 2.29. The maximum Gasteiger partial charge on any atom is 0.325 e. The molecular formula is C12H15NO5. The standard InChI is InChI=1S/C12H15NO5/c1-2-18-9-5-3-4-8(6-9)11(12(16)17)13-7-10(14)15/h3-6,11,13H,2,7H2,1H3,(H,14,15)(H,16,17). The maximum atomic E-state index is 11.1. The quantitative estimate of drug-likeness (QED) is 0.667. The van der Waals surface area contributed by atoms with Crippen molar-refractivity contribution in [3.63, 3.8) is 0 Å². The third-order valence-electron chi connectivity index (χ3n) is 2.21. The maximum absolute atomic E-state index is 11.1. The van der Waals surface area contributed by atoms with Crippen molar-refractivity contribution < 1.29 is 24.5 Å². The Labute approximate surface area is 104 Å². The van der Waals surface area contributed by atoms with Gasteiger partial charge in [-0.25, -0.2) is 0 Å². The molecule has 1 aromatic rings. The lowest BCUT2D eigenvalue weighted by atomic mass is 10.1. The molecule has 1 unspecified atom stereocenters. The molecule has 0 bridgehead atoms. The van der Waals surface area contributed by atoms with Gasteiger partial charge >= 0.3 is 11.9 Å². The third-order valence-corrected chi connectivity index (χ3v) is 2.21. The fraction of sp³-hybridized carbons (Fsp3) is 0.333. The number of hydrogen-bond acceptors (Lipinski definition) is 4. The summed E-state index contributed by atoms with van der Waals surface area (Å²) in [4.78, 5) is 21.5. The van der Waals surface area contributed by atoms with Crippen LogP contribution in [-0.2, 0) is 9.59 Å². The molecule has 0 saturated heterocycles. The molecule has 1 aromatic carbocycles. The van der Waals surface area contributed by atoms with Crippen LogP contribution in [0.3, 0.4) is 0 Å². The normalized spacial score (nSPS) is 11.8. The van der Waals surface area contributed by atoms with Gasteiger partial charge in [-0.2, -0.15) is 0 Å². The summed E-state index contributed by atoms with van der Waals surface area (Å²) in [6.45, 7) is 1.88. The molecule has 0 aliphatic heterocycles. The van der Waals surface area contributed by atoms with E-state index in [0.29, 0.717) is 17.9 Å². The Bertz CT molecular complexity index is 432. The number of nitrogens with one attached hydrogen (secondary N) is 1. The van der Waals surface area contributed by atoms with Crippen molar-refractivity contribution in [2.45, 2.75) is 13.0 Å². The molecule has 3 N–H and O–H groups in total. The zero-order chi connectivity index (χ0) is 13.5. The van der Waals surface area contributed by atoms with Crippen molar-refractivity contribution in [2.24, 2.45) is 0 Å². The largest absolute Gasteiger partial charge is 0.494 e. The van der Waals surface area contributed by atoms with Crippen molar-refractivity contribution in [3.05, 3.63) is 29.8 Å². The van der Waals surface area contributed by atoms with Crippen LogP contribution in [0.4, 0.5) is 0 Å². The summed E-state index contributed by atoms with van der Waals surface area (Å²) in [7, 11) is 0. The van der Waals surface area contributed by atoms with Crippen molar-refractivity contribution in [1.29, 1.82) is 0 Å². The van der Waals surface area contributed by atoms with Gasteiger partial charge in [-0.05, 0) is 24.6 Å².